The molecule has 1 saturated heterocycles. The molecular weight excluding hydrogens is 737 g/mol. The summed E-state index contributed by atoms with van der Waals surface area (Å²) in [6.07, 6.45) is 8.06. The first-order chi connectivity index (χ1) is 28.0. The van der Waals surface area contributed by atoms with Gasteiger partial charge in [-0.2, -0.15) is 0 Å². The largest absolute Gasteiger partial charge is 0.507 e. The summed E-state index contributed by atoms with van der Waals surface area (Å²) in [5.74, 6) is 3.14. The number of alkyl halides is 2. The Morgan fingerprint density at radius 2 is 1.24 bits per heavy atom. The summed E-state index contributed by atoms with van der Waals surface area (Å²) in [6, 6.07) is 43.7. The van der Waals surface area contributed by atoms with Crippen molar-refractivity contribution in [1.82, 2.24) is 10.0 Å². The number of rotatable bonds is 17. The van der Waals surface area contributed by atoms with E-state index in [4.69, 9.17) is 26.9 Å². The molecule has 1 heterocycles. The highest BCUT2D eigenvalue weighted by Crippen LogP contribution is 2.41. The van der Waals surface area contributed by atoms with Crippen molar-refractivity contribution in [3.05, 3.63) is 186 Å². The first-order valence-electron chi connectivity index (χ1n) is 19.5. The highest BCUT2D eigenvalue weighted by atomic mass is 19.3. The molecule has 1 fully saturated rings. The fraction of sp³-hybridized carbons (Fsp3) is 0.255. The molecule has 1 atom stereocenters. The number of carbonyl (C=O) groups is 2. The summed E-state index contributed by atoms with van der Waals surface area (Å²) in [5, 5.41) is 23.5. The van der Waals surface area contributed by atoms with Crippen LogP contribution in [0.5, 0.6) is 5.75 Å². The van der Waals surface area contributed by atoms with Crippen LogP contribution in [-0.4, -0.2) is 50.5 Å². The second kappa shape index (κ2) is 20.7. The molecular formula is C47H51F2N5O4. The maximum atomic E-state index is 14.6. The summed E-state index contributed by atoms with van der Waals surface area (Å²) in [6.45, 7) is 0.608. The number of nitrogens with two attached hydrogens (primary N) is 2. The summed E-state index contributed by atoms with van der Waals surface area (Å²) in [7, 11) is 0. The molecule has 0 radical (unpaired) electrons. The number of allylic oxidation sites excluding steroid dienone is 1. The van der Waals surface area contributed by atoms with E-state index in [0.29, 0.717) is 31.6 Å². The third kappa shape index (κ3) is 10.9. The summed E-state index contributed by atoms with van der Waals surface area (Å²) in [4.78, 5) is 24.7. The molecule has 6 rings (SSSR count). The Morgan fingerprint density at radius 1 is 0.759 bits per heavy atom. The molecule has 1 unspecified atom stereocenters. The summed E-state index contributed by atoms with van der Waals surface area (Å²) < 4.78 is 29.2. The number of carbonyl (C=O) groups excluding carboxylic acids is 1. The molecule has 302 valence electrons. The van der Waals surface area contributed by atoms with Crippen molar-refractivity contribution in [3.8, 4) is 5.75 Å². The zero-order valence-electron chi connectivity index (χ0n) is 32.4. The van der Waals surface area contributed by atoms with E-state index in [-0.39, 0.29) is 35.2 Å². The van der Waals surface area contributed by atoms with Gasteiger partial charge in [0.15, 0.2) is 0 Å². The van der Waals surface area contributed by atoms with Crippen molar-refractivity contribution < 1.29 is 28.6 Å². The average molecular weight is 788 g/mol. The number of amides is 1. The highest BCUT2D eigenvalue weighted by Gasteiger charge is 2.41. The first-order valence-corrected chi connectivity index (χ1v) is 19.5. The van der Waals surface area contributed by atoms with Crippen LogP contribution in [0, 0.1) is 0 Å². The fourth-order valence-corrected chi connectivity index (χ4v) is 7.21. The van der Waals surface area contributed by atoms with E-state index in [1.54, 1.807) is 36.4 Å². The van der Waals surface area contributed by atoms with Gasteiger partial charge >= 0.3 is 5.97 Å². The van der Waals surface area contributed by atoms with Gasteiger partial charge in [0.25, 0.3) is 5.92 Å². The molecule has 0 aliphatic carbocycles. The minimum atomic E-state index is -2.94. The quantitative estimate of drug-likeness (QED) is 0.0140. The molecule has 1 aliphatic rings. The van der Waals surface area contributed by atoms with Gasteiger partial charge in [0, 0.05) is 31.4 Å². The van der Waals surface area contributed by atoms with Crippen LogP contribution in [0.1, 0.15) is 84.0 Å². The van der Waals surface area contributed by atoms with Gasteiger partial charge in [0.1, 0.15) is 22.7 Å². The lowest BCUT2D eigenvalue weighted by Gasteiger charge is -2.41. The normalized spacial score (nSPS) is 14.6. The molecule has 9 nitrogen and oxygen atoms in total. The van der Waals surface area contributed by atoms with E-state index in [2.05, 4.69) is 36.4 Å². The van der Waals surface area contributed by atoms with Crippen molar-refractivity contribution in [1.29, 1.82) is 0 Å². The number of carboxylic acid groups (broad SMARTS) is 1. The Morgan fingerprint density at radius 3 is 1.74 bits per heavy atom. The number of phenols is 1. The number of hydrogen-bond acceptors (Lipinski definition) is 6. The second-order valence-electron chi connectivity index (χ2n) is 14.1. The highest BCUT2D eigenvalue weighted by molar-refractivity contribution is 5.90. The van der Waals surface area contributed by atoms with Crippen LogP contribution >= 0.6 is 0 Å². The first kappa shape index (κ1) is 42.8. The zero-order valence-corrected chi connectivity index (χ0v) is 32.4. The maximum absolute atomic E-state index is 14.6. The molecule has 11 heteroatoms. The van der Waals surface area contributed by atoms with Crippen LogP contribution in [0.2, 0.25) is 0 Å². The molecule has 0 saturated carbocycles. The van der Waals surface area contributed by atoms with Gasteiger partial charge in [0.05, 0.1) is 6.04 Å². The molecule has 5 aromatic rings. The van der Waals surface area contributed by atoms with Gasteiger partial charge in [-0.1, -0.05) is 158 Å². The third-order valence-corrected chi connectivity index (χ3v) is 10.2. The number of benzene rings is 5. The van der Waals surface area contributed by atoms with E-state index in [0.717, 1.165) is 42.4 Å². The minimum absolute atomic E-state index is 0.00163. The maximum Gasteiger partial charge on any atom is 0.339 e. The number of hydrazine groups is 1. The van der Waals surface area contributed by atoms with Gasteiger partial charge in [0.2, 0.25) is 5.91 Å². The predicted octanol–water partition coefficient (Wildman–Crippen LogP) is 9.20. The third-order valence-electron chi connectivity index (χ3n) is 10.2. The number of likely N-dealkylation sites (tertiary alicyclic amines) is 1. The number of para-hydroxylation sites is 1. The van der Waals surface area contributed by atoms with Crippen LogP contribution in [-0.2, 0) is 16.3 Å². The van der Waals surface area contributed by atoms with E-state index in [1.165, 1.54) is 35.5 Å². The lowest BCUT2D eigenvalue weighted by Crippen LogP contribution is -2.50. The molecule has 58 heavy (non-hydrogen) atoms. The number of unbranched alkanes of at least 4 members (excludes halogenated alkanes) is 3. The van der Waals surface area contributed by atoms with Crippen LogP contribution in [0.3, 0.4) is 0 Å². The van der Waals surface area contributed by atoms with Crippen molar-refractivity contribution in [2.45, 2.75) is 68.9 Å². The van der Waals surface area contributed by atoms with E-state index < -0.39 is 17.4 Å². The molecule has 5 aromatic carbocycles. The Bertz CT molecular complexity index is 2000. The minimum Gasteiger partial charge on any atom is -0.507 e. The Hall–Kier alpha value is -6.33. The van der Waals surface area contributed by atoms with Gasteiger partial charge in [-0.25, -0.2) is 24.5 Å². The molecule has 0 bridgehead atoms. The van der Waals surface area contributed by atoms with Gasteiger partial charge in [-0.15, -0.1) is 5.10 Å². The van der Waals surface area contributed by atoms with Crippen LogP contribution < -0.4 is 11.6 Å². The SMILES string of the molecule is N/C(CCCCCCN1C(=O)CCC1/C=C/CC(F)(F)c1ccccc1)=N\N(N)C(c1ccccc1)(c1ccccc1)c1ccccc1.O=C(O)c1ccccc1O. The Balaban J connectivity index is 0.000000559. The van der Waals surface area contributed by atoms with Crippen LogP contribution in [0.15, 0.2) is 163 Å². The number of hydrazone groups is 1. The molecule has 6 N–H and O–H groups in total. The number of aromatic hydroxyl groups is 1. The van der Waals surface area contributed by atoms with E-state index >= 15 is 0 Å². The molecule has 0 spiro atoms. The topological polar surface area (TPSA) is 145 Å². The van der Waals surface area contributed by atoms with Crippen LogP contribution in [0.25, 0.3) is 0 Å². The number of carboxylic acids is 1. The van der Waals surface area contributed by atoms with E-state index in [9.17, 15) is 18.4 Å². The van der Waals surface area contributed by atoms with E-state index in [1.807, 2.05) is 59.5 Å². The number of hydrogen-bond donors (Lipinski definition) is 4. The molecule has 0 aromatic heterocycles. The summed E-state index contributed by atoms with van der Waals surface area (Å²) in [5.41, 5.74) is 8.42. The van der Waals surface area contributed by atoms with Crippen molar-refractivity contribution in [2.24, 2.45) is 16.7 Å². The Labute approximate surface area is 338 Å². The lowest BCUT2D eigenvalue weighted by molar-refractivity contribution is -0.128. The Kier molecular flexibility index (Phi) is 15.3. The van der Waals surface area contributed by atoms with Gasteiger partial charge in [-0.3, -0.25) is 4.79 Å². The standard InChI is InChI=1S/C40H45F2N5O.C7H6O3/c41-39(42,32-18-7-3-8-19-32)30-17-26-36-28-29-38(48)46(36)31-16-2-1-15-27-37(43)45-47(44)40(33-20-9-4-10-21-33,34-22-11-5-12-23-34)35-24-13-6-14-25-35;8-6-4-2-1-3-5(6)7(9)10/h3-14,17-26,36H,1-2,15-16,27-31,44H2,(H2,43,45);1-4,8H,(H,9,10)/b26-17+;. The van der Waals surface area contributed by atoms with Crippen molar-refractivity contribution in [3.63, 3.8) is 0 Å². The molecule has 1 amide bonds. The second-order valence-corrected chi connectivity index (χ2v) is 14.1. The number of amidine groups is 1. The average Bonchev–Trinajstić information content (AvgIpc) is 3.59. The number of aromatic carboxylic acids is 1. The smallest absolute Gasteiger partial charge is 0.339 e. The zero-order chi connectivity index (χ0) is 41.4. The van der Waals surface area contributed by atoms with Crippen LogP contribution in [0.4, 0.5) is 8.78 Å². The lowest BCUT2D eigenvalue weighted by atomic mass is 9.77. The number of halogens is 2. The van der Waals surface area contributed by atoms with Gasteiger partial charge < -0.3 is 20.8 Å². The van der Waals surface area contributed by atoms with Crippen molar-refractivity contribution >= 4 is 17.7 Å². The molecule has 1 aliphatic heterocycles. The number of nitrogens with zero attached hydrogens (tertiary/aromatic N) is 3. The van der Waals surface area contributed by atoms with Crippen molar-refractivity contribution in [2.75, 3.05) is 6.54 Å². The fourth-order valence-electron chi connectivity index (χ4n) is 7.21. The monoisotopic (exact) mass is 787 g/mol. The predicted molar refractivity (Wildman–Crippen MR) is 224 cm³/mol. The summed E-state index contributed by atoms with van der Waals surface area (Å²) >= 11 is 0. The van der Waals surface area contributed by atoms with Gasteiger partial charge in [-0.05, 0) is 48.1 Å².